The van der Waals surface area contributed by atoms with Crippen LogP contribution in [0.25, 0.3) is 33.4 Å². The van der Waals surface area contributed by atoms with Gasteiger partial charge in [-0.05, 0) is 59.4 Å². The molecule has 34 heavy (non-hydrogen) atoms. The smallest absolute Gasteiger partial charge is 0.205 e. The molecular weight excluding hydrogens is 446 g/mol. The number of ether oxygens (including phenoxy) is 1. The van der Waals surface area contributed by atoms with Crippen LogP contribution in [0.3, 0.4) is 0 Å². The topological polar surface area (TPSA) is 76.6 Å². The molecule has 0 aliphatic rings. The van der Waals surface area contributed by atoms with Crippen LogP contribution in [0.1, 0.15) is 29.3 Å². The number of H-pyrrole nitrogens is 1. The minimum atomic E-state index is 0. The van der Waals surface area contributed by atoms with Crippen LogP contribution in [0.2, 0.25) is 0 Å². The molecule has 5 aromatic rings. The number of aromatic nitrogens is 5. The largest absolute Gasteiger partial charge is 0.488 e. The van der Waals surface area contributed by atoms with E-state index >= 15 is 0 Å². The summed E-state index contributed by atoms with van der Waals surface area (Å²) >= 11 is 0. The Morgan fingerprint density at radius 1 is 0.912 bits per heavy atom. The van der Waals surface area contributed by atoms with Crippen LogP contribution in [0.4, 0.5) is 0 Å². The van der Waals surface area contributed by atoms with E-state index < -0.39 is 0 Å². The number of nitrogens with one attached hydrogen (secondary N) is 1. The molecule has 6 nitrogen and oxygen atoms in total. The predicted molar refractivity (Wildman–Crippen MR) is 137 cm³/mol. The number of nitrogens with zero attached hydrogens (tertiary/aromatic N) is 4. The molecule has 0 radical (unpaired) electrons. The Morgan fingerprint density at radius 3 is 2.38 bits per heavy atom. The molecule has 7 heteroatoms. The van der Waals surface area contributed by atoms with Gasteiger partial charge >= 0.3 is 0 Å². The summed E-state index contributed by atoms with van der Waals surface area (Å²) in [7, 11) is 0. The van der Waals surface area contributed by atoms with Gasteiger partial charge in [0.05, 0.1) is 5.52 Å². The van der Waals surface area contributed by atoms with Crippen LogP contribution >= 0.6 is 12.4 Å². The molecule has 0 aliphatic carbocycles. The molecule has 2 heterocycles. The monoisotopic (exact) mass is 471 g/mol. The zero-order chi connectivity index (χ0) is 22.8. The summed E-state index contributed by atoms with van der Waals surface area (Å²) < 4.78 is 6.31. The quantitative estimate of drug-likeness (QED) is 0.316. The predicted octanol–water partition coefficient (Wildman–Crippen LogP) is 6.26. The Labute approximate surface area is 204 Å². The SMILES string of the molecule is CCc1cc(OCc2ccc(-c3ccccc3-c3nn[nH]n3)cc2)c2cc(C)cc(C)c2n1.Cl. The molecule has 0 saturated heterocycles. The fraction of sp³-hybridized carbons (Fsp3) is 0.185. The third-order valence-electron chi connectivity index (χ3n) is 5.80. The first-order valence-electron chi connectivity index (χ1n) is 11.1. The highest BCUT2D eigenvalue weighted by Gasteiger charge is 2.12. The molecule has 1 N–H and O–H groups in total. The molecule has 0 fully saturated rings. The third-order valence-corrected chi connectivity index (χ3v) is 5.80. The number of halogens is 1. The average Bonchev–Trinajstić information content (AvgIpc) is 3.38. The first kappa shape index (κ1) is 23.4. The minimum Gasteiger partial charge on any atom is -0.488 e. The standard InChI is InChI=1S/C27H25N5O.ClH/c1-4-21-15-25(24-14-17(2)13-18(3)26(24)28-21)33-16-19-9-11-20(12-10-19)22-7-5-6-8-23(22)27-29-31-32-30-27;/h5-15H,4,16H2,1-3H3,(H,29,30,31,32);1H. The summed E-state index contributed by atoms with van der Waals surface area (Å²) in [4.78, 5) is 4.83. The van der Waals surface area contributed by atoms with Gasteiger partial charge in [-0.15, -0.1) is 22.6 Å². The van der Waals surface area contributed by atoms with Crippen molar-refractivity contribution in [1.82, 2.24) is 25.6 Å². The zero-order valence-corrected chi connectivity index (χ0v) is 20.2. The van der Waals surface area contributed by atoms with Gasteiger partial charge < -0.3 is 4.74 Å². The van der Waals surface area contributed by atoms with E-state index in [2.05, 4.69) is 89.9 Å². The Bertz CT molecular complexity index is 1420. The van der Waals surface area contributed by atoms with Gasteiger partial charge in [-0.3, -0.25) is 4.98 Å². The van der Waals surface area contributed by atoms with Crippen molar-refractivity contribution in [3.63, 3.8) is 0 Å². The van der Waals surface area contributed by atoms with E-state index in [-0.39, 0.29) is 12.4 Å². The van der Waals surface area contributed by atoms with Crippen LogP contribution in [-0.2, 0) is 13.0 Å². The summed E-state index contributed by atoms with van der Waals surface area (Å²) in [5.41, 5.74) is 8.63. The summed E-state index contributed by atoms with van der Waals surface area (Å²) in [6, 6.07) is 22.9. The molecule has 0 bridgehead atoms. The van der Waals surface area contributed by atoms with Crippen molar-refractivity contribution in [1.29, 1.82) is 0 Å². The Hall–Kier alpha value is -3.77. The van der Waals surface area contributed by atoms with Gasteiger partial charge in [0, 0.05) is 22.7 Å². The average molecular weight is 472 g/mol. The van der Waals surface area contributed by atoms with Crippen LogP contribution < -0.4 is 4.74 Å². The second kappa shape index (κ2) is 10.0. The molecule has 0 aliphatic heterocycles. The lowest BCUT2D eigenvalue weighted by molar-refractivity contribution is 0.309. The van der Waals surface area contributed by atoms with Gasteiger partial charge in [-0.2, -0.15) is 5.21 Å². The fourth-order valence-electron chi connectivity index (χ4n) is 4.15. The molecule has 5 rings (SSSR count). The van der Waals surface area contributed by atoms with Crippen molar-refractivity contribution < 1.29 is 4.74 Å². The molecule has 172 valence electrons. The van der Waals surface area contributed by atoms with E-state index in [9.17, 15) is 0 Å². The van der Waals surface area contributed by atoms with Gasteiger partial charge in [0.2, 0.25) is 5.82 Å². The number of fused-ring (bicyclic) bond motifs is 1. The third kappa shape index (κ3) is 4.63. The molecule has 0 unspecified atom stereocenters. The van der Waals surface area contributed by atoms with Gasteiger partial charge in [0.15, 0.2) is 0 Å². The Morgan fingerprint density at radius 2 is 1.68 bits per heavy atom. The van der Waals surface area contributed by atoms with Crippen LogP contribution in [0.15, 0.2) is 66.7 Å². The summed E-state index contributed by atoms with van der Waals surface area (Å²) in [6.45, 7) is 6.82. The number of tetrazole rings is 1. The number of aromatic amines is 1. The first-order chi connectivity index (χ1) is 16.1. The van der Waals surface area contributed by atoms with E-state index in [4.69, 9.17) is 9.72 Å². The molecule has 0 atom stereocenters. The van der Waals surface area contributed by atoms with Crippen molar-refractivity contribution >= 4 is 23.3 Å². The lowest BCUT2D eigenvalue weighted by Gasteiger charge is -2.14. The summed E-state index contributed by atoms with van der Waals surface area (Å²) in [5, 5.41) is 15.5. The van der Waals surface area contributed by atoms with Crippen molar-refractivity contribution in [3.8, 4) is 28.3 Å². The molecular formula is C27H26ClN5O. The maximum atomic E-state index is 6.31. The zero-order valence-electron chi connectivity index (χ0n) is 19.4. The lowest BCUT2D eigenvalue weighted by atomic mass is 9.98. The van der Waals surface area contributed by atoms with E-state index in [0.29, 0.717) is 12.4 Å². The van der Waals surface area contributed by atoms with Crippen LogP contribution in [0.5, 0.6) is 5.75 Å². The fourth-order valence-corrected chi connectivity index (χ4v) is 4.15. The number of hydrogen-bond acceptors (Lipinski definition) is 5. The highest BCUT2D eigenvalue weighted by atomic mass is 35.5. The summed E-state index contributed by atoms with van der Waals surface area (Å²) in [6.07, 6.45) is 0.869. The van der Waals surface area contributed by atoms with Gasteiger partial charge in [-0.1, -0.05) is 61.5 Å². The summed E-state index contributed by atoms with van der Waals surface area (Å²) in [5.74, 6) is 1.47. The van der Waals surface area contributed by atoms with Crippen LogP contribution in [-0.4, -0.2) is 25.6 Å². The highest BCUT2D eigenvalue weighted by molar-refractivity contribution is 5.88. The first-order valence-corrected chi connectivity index (χ1v) is 11.1. The van der Waals surface area contributed by atoms with E-state index in [1.807, 2.05) is 18.2 Å². The van der Waals surface area contributed by atoms with Gasteiger partial charge in [0.25, 0.3) is 0 Å². The molecule has 2 aromatic heterocycles. The lowest BCUT2D eigenvalue weighted by Crippen LogP contribution is -2.00. The van der Waals surface area contributed by atoms with Crippen molar-refractivity contribution in [3.05, 3.63) is 89.1 Å². The number of aryl methyl sites for hydroxylation is 3. The molecule has 0 spiro atoms. The number of pyridine rings is 1. The van der Waals surface area contributed by atoms with Gasteiger partial charge in [-0.25, -0.2) is 0 Å². The number of hydrogen-bond donors (Lipinski definition) is 1. The van der Waals surface area contributed by atoms with E-state index in [0.717, 1.165) is 51.0 Å². The van der Waals surface area contributed by atoms with Crippen LogP contribution in [0, 0.1) is 13.8 Å². The van der Waals surface area contributed by atoms with Crippen molar-refractivity contribution in [2.45, 2.75) is 33.8 Å². The highest BCUT2D eigenvalue weighted by Crippen LogP contribution is 2.31. The maximum absolute atomic E-state index is 6.31. The molecule has 0 saturated carbocycles. The molecule has 0 amide bonds. The van der Waals surface area contributed by atoms with E-state index in [1.165, 1.54) is 11.1 Å². The van der Waals surface area contributed by atoms with Gasteiger partial charge in [0.1, 0.15) is 12.4 Å². The van der Waals surface area contributed by atoms with Crippen molar-refractivity contribution in [2.75, 3.05) is 0 Å². The second-order valence-electron chi connectivity index (χ2n) is 8.21. The minimum absolute atomic E-state index is 0. The Kier molecular flexibility index (Phi) is 6.89. The molecule has 3 aromatic carbocycles. The maximum Gasteiger partial charge on any atom is 0.205 e. The number of rotatable bonds is 6. The van der Waals surface area contributed by atoms with E-state index in [1.54, 1.807) is 0 Å². The number of benzene rings is 3. The second-order valence-corrected chi connectivity index (χ2v) is 8.21. The Balaban J connectivity index is 0.00000274. The normalized spacial score (nSPS) is 10.8. The van der Waals surface area contributed by atoms with Crippen molar-refractivity contribution in [2.24, 2.45) is 0 Å².